The summed E-state index contributed by atoms with van der Waals surface area (Å²) in [4.78, 5) is 34.3. The van der Waals surface area contributed by atoms with Crippen LogP contribution in [-0.4, -0.2) is 24.3 Å². The third-order valence-corrected chi connectivity index (χ3v) is 8.42. The Hall–Kier alpha value is -4.27. The van der Waals surface area contributed by atoms with Crippen LogP contribution in [0, 0.1) is 0 Å². The van der Waals surface area contributed by atoms with E-state index >= 15 is 0 Å². The number of rotatable bonds is 6. The molecule has 6 nitrogen and oxygen atoms in total. The number of carbonyl (C=O) groups is 1. The molecule has 8 heteroatoms. The zero-order valence-corrected chi connectivity index (χ0v) is 22.9. The summed E-state index contributed by atoms with van der Waals surface area (Å²) in [6, 6.07) is 24.4. The summed E-state index contributed by atoms with van der Waals surface area (Å²) in [5.74, 6) is 0.0512. The van der Waals surface area contributed by atoms with Gasteiger partial charge in [-0.05, 0) is 41.3 Å². The quantitative estimate of drug-likeness (QED) is 0.273. The molecule has 3 aromatic carbocycles. The number of hydrogen-bond donors (Lipinski definition) is 0. The van der Waals surface area contributed by atoms with Crippen molar-refractivity contribution in [2.45, 2.75) is 13.0 Å². The summed E-state index contributed by atoms with van der Waals surface area (Å²) in [5.41, 5.74) is 2.04. The summed E-state index contributed by atoms with van der Waals surface area (Å²) in [6.45, 7) is 1.96. The molecule has 39 heavy (non-hydrogen) atoms. The van der Waals surface area contributed by atoms with Gasteiger partial charge >= 0.3 is 5.97 Å². The number of esters is 1. The summed E-state index contributed by atoms with van der Waals surface area (Å²) in [5, 5.41) is 3.82. The molecule has 0 saturated carbocycles. The molecule has 0 fully saturated rings. The smallest absolute Gasteiger partial charge is 0.338 e. The Morgan fingerprint density at radius 1 is 1.03 bits per heavy atom. The van der Waals surface area contributed by atoms with Gasteiger partial charge < -0.3 is 9.47 Å². The van der Waals surface area contributed by atoms with Gasteiger partial charge in [0.1, 0.15) is 11.8 Å². The lowest BCUT2D eigenvalue weighted by molar-refractivity contribution is -0.138. The molecule has 1 aliphatic heterocycles. The standard InChI is InChI=1S/C31H24N2O4S2/c1-3-37-30(35)26-27(20-11-5-4-6-12-20)32-31-33(29(34)24(39-31)18-21-13-9-17-38-21)28(26)25-22-14-8-7-10-19(22)15-16-23(25)36-2/h4-18,28H,3H2,1-2H3/b24-18-/t28-/m1/s1. The van der Waals surface area contributed by atoms with Crippen LogP contribution in [0.5, 0.6) is 5.75 Å². The van der Waals surface area contributed by atoms with E-state index in [4.69, 9.17) is 14.5 Å². The largest absolute Gasteiger partial charge is 0.496 e. The fourth-order valence-corrected chi connectivity index (χ4v) is 6.68. The first kappa shape index (κ1) is 25.0. The van der Waals surface area contributed by atoms with E-state index in [1.807, 2.05) is 90.3 Å². The highest BCUT2D eigenvalue weighted by molar-refractivity contribution is 7.11. The average molecular weight is 553 g/mol. The number of carbonyl (C=O) groups excluding carboxylic acids is 1. The Kier molecular flexibility index (Phi) is 6.72. The fourth-order valence-electron chi connectivity index (χ4n) is 4.95. The van der Waals surface area contributed by atoms with Gasteiger partial charge in [0.25, 0.3) is 5.56 Å². The first-order chi connectivity index (χ1) is 19.1. The number of thiazole rings is 1. The van der Waals surface area contributed by atoms with Gasteiger partial charge in [0.15, 0.2) is 4.80 Å². The summed E-state index contributed by atoms with van der Waals surface area (Å²) < 4.78 is 13.6. The maximum absolute atomic E-state index is 14.1. The van der Waals surface area contributed by atoms with Crippen molar-refractivity contribution in [1.82, 2.24) is 4.57 Å². The minimum absolute atomic E-state index is 0.187. The molecule has 194 valence electrons. The van der Waals surface area contributed by atoms with E-state index in [-0.39, 0.29) is 12.2 Å². The number of nitrogens with zero attached hydrogens (tertiary/aromatic N) is 2. The summed E-state index contributed by atoms with van der Waals surface area (Å²) in [7, 11) is 1.60. The molecule has 0 aliphatic carbocycles. The summed E-state index contributed by atoms with van der Waals surface area (Å²) >= 11 is 2.87. The lowest BCUT2D eigenvalue weighted by Crippen LogP contribution is -2.40. The van der Waals surface area contributed by atoms with Crippen LogP contribution in [0.15, 0.2) is 99.6 Å². The second-order valence-corrected chi connectivity index (χ2v) is 10.8. The number of methoxy groups -OCH3 is 1. The molecule has 0 spiro atoms. The van der Waals surface area contributed by atoms with Crippen LogP contribution in [-0.2, 0) is 9.53 Å². The predicted octanol–water partition coefficient (Wildman–Crippen LogP) is 5.16. The lowest BCUT2D eigenvalue weighted by Gasteiger charge is -2.28. The van der Waals surface area contributed by atoms with Crippen molar-refractivity contribution in [2.75, 3.05) is 13.7 Å². The van der Waals surface area contributed by atoms with E-state index in [1.165, 1.54) is 11.3 Å². The van der Waals surface area contributed by atoms with Crippen LogP contribution in [0.2, 0.25) is 0 Å². The SMILES string of the molecule is CCOC(=O)C1=C(c2ccccc2)N=c2s/c(=C\c3cccs3)c(=O)n2[C@@H]1c1c(OC)ccc2ccccc12. The molecule has 0 radical (unpaired) electrons. The van der Waals surface area contributed by atoms with Crippen molar-refractivity contribution in [1.29, 1.82) is 0 Å². The predicted molar refractivity (Wildman–Crippen MR) is 156 cm³/mol. The van der Waals surface area contributed by atoms with Gasteiger partial charge in [-0.25, -0.2) is 9.79 Å². The number of hydrogen-bond acceptors (Lipinski definition) is 7. The molecule has 0 N–H and O–H groups in total. The Morgan fingerprint density at radius 3 is 2.56 bits per heavy atom. The monoisotopic (exact) mass is 552 g/mol. The average Bonchev–Trinajstić information content (AvgIpc) is 3.59. The maximum atomic E-state index is 14.1. The minimum Gasteiger partial charge on any atom is -0.496 e. The van der Waals surface area contributed by atoms with Crippen LogP contribution in [0.4, 0.5) is 0 Å². The number of ether oxygens (including phenoxy) is 2. The highest BCUT2D eigenvalue weighted by Crippen LogP contribution is 2.42. The molecule has 1 atom stereocenters. The van der Waals surface area contributed by atoms with Crippen molar-refractivity contribution in [2.24, 2.45) is 4.99 Å². The van der Waals surface area contributed by atoms with Crippen molar-refractivity contribution >= 4 is 51.2 Å². The number of thiophene rings is 1. The Bertz CT molecular complexity index is 1900. The van der Waals surface area contributed by atoms with E-state index in [2.05, 4.69) is 0 Å². The van der Waals surface area contributed by atoms with E-state index in [0.29, 0.717) is 31.9 Å². The molecule has 0 bridgehead atoms. The molecular weight excluding hydrogens is 528 g/mol. The molecule has 1 aliphatic rings. The van der Waals surface area contributed by atoms with Crippen LogP contribution in [0.3, 0.4) is 0 Å². The maximum Gasteiger partial charge on any atom is 0.338 e. The first-order valence-electron chi connectivity index (χ1n) is 12.5. The van der Waals surface area contributed by atoms with Gasteiger partial charge in [-0.15, -0.1) is 11.3 Å². The van der Waals surface area contributed by atoms with Gasteiger partial charge in [-0.2, -0.15) is 0 Å². The fraction of sp³-hybridized carbons (Fsp3) is 0.129. The van der Waals surface area contributed by atoms with Gasteiger partial charge in [-0.3, -0.25) is 9.36 Å². The van der Waals surface area contributed by atoms with Crippen molar-refractivity contribution in [3.63, 3.8) is 0 Å². The highest BCUT2D eigenvalue weighted by atomic mass is 32.1. The number of fused-ring (bicyclic) bond motifs is 2. The van der Waals surface area contributed by atoms with Crippen LogP contribution in [0.1, 0.15) is 29.0 Å². The second kappa shape index (κ2) is 10.5. The lowest BCUT2D eigenvalue weighted by atomic mass is 9.89. The normalized spacial score (nSPS) is 15.2. The third-order valence-electron chi connectivity index (χ3n) is 6.61. The molecule has 6 rings (SSSR count). The van der Waals surface area contributed by atoms with E-state index in [9.17, 15) is 9.59 Å². The third kappa shape index (κ3) is 4.41. The Labute approximate surface area is 232 Å². The molecule has 0 amide bonds. The minimum atomic E-state index is -0.818. The number of benzene rings is 3. The van der Waals surface area contributed by atoms with Crippen LogP contribution >= 0.6 is 22.7 Å². The highest BCUT2D eigenvalue weighted by Gasteiger charge is 2.37. The van der Waals surface area contributed by atoms with Gasteiger partial charge in [0.05, 0.1) is 29.5 Å². The molecule has 2 aromatic heterocycles. The van der Waals surface area contributed by atoms with Gasteiger partial charge in [-0.1, -0.05) is 78.1 Å². The molecule has 5 aromatic rings. The van der Waals surface area contributed by atoms with Crippen LogP contribution < -0.4 is 19.6 Å². The zero-order valence-electron chi connectivity index (χ0n) is 21.3. The van der Waals surface area contributed by atoms with Crippen LogP contribution in [0.25, 0.3) is 22.5 Å². The zero-order chi connectivity index (χ0) is 26.9. The first-order valence-corrected chi connectivity index (χ1v) is 14.2. The number of aromatic nitrogens is 1. The molecule has 0 saturated heterocycles. The van der Waals surface area contributed by atoms with E-state index in [0.717, 1.165) is 21.2 Å². The Balaban J connectivity index is 1.77. The molecule has 0 unspecified atom stereocenters. The van der Waals surface area contributed by atoms with E-state index < -0.39 is 12.0 Å². The molecule has 3 heterocycles. The van der Waals surface area contributed by atoms with E-state index in [1.54, 1.807) is 29.9 Å². The van der Waals surface area contributed by atoms with Crippen molar-refractivity contribution in [3.8, 4) is 5.75 Å². The van der Waals surface area contributed by atoms with Gasteiger partial charge in [0, 0.05) is 16.0 Å². The second-order valence-electron chi connectivity index (χ2n) is 8.85. The Morgan fingerprint density at radius 2 is 1.82 bits per heavy atom. The molecular formula is C31H24N2O4S2. The van der Waals surface area contributed by atoms with Crippen molar-refractivity contribution < 1.29 is 14.3 Å². The van der Waals surface area contributed by atoms with Crippen molar-refractivity contribution in [3.05, 3.63) is 126 Å². The summed E-state index contributed by atoms with van der Waals surface area (Å²) in [6.07, 6.45) is 1.88. The van der Waals surface area contributed by atoms with Gasteiger partial charge in [0.2, 0.25) is 0 Å². The topological polar surface area (TPSA) is 69.9 Å².